The van der Waals surface area contributed by atoms with E-state index in [9.17, 15) is 0 Å². The molecule has 11 rings (SSSR count). The first-order valence-electron chi connectivity index (χ1n) is 18.1. The second-order valence-corrected chi connectivity index (χ2v) is 13.9. The predicted molar refractivity (Wildman–Crippen MR) is 222 cm³/mol. The van der Waals surface area contributed by atoms with E-state index >= 15 is 0 Å². The SMILES string of the molecule is Cc1cccc(-n2c3ccccc3c3c(N(c4ccc5c(c4)oc4ccccc45)c4ccc5c6ccccc6n(-c6ccccc6)c5c4)cccc32)c1. The maximum Gasteiger partial charge on any atom is 0.137 e. The summed E-state index contributed by atoms with van der Waals surface area (Å²) in [6.07, 6.45) is 0. The van der Waals surface area contributed by atoms with E-state index in [1.807, 2.05) is 12.1 Å². The van der Waals surface area contributed by atoms with Gasteiger partial charge >= 0.3 is 0 Å². The Bertz CT molecular complexity index is 3200. The van der Waals surface area contributed by atoms with Crippen LogP contribution in [-0.2, 0) is 0 Å². The van der Waals surface area contributed by atoms with Crippen LogP contribution in [-0.4, -0.2) is 9.13 Å². The van der Waals surface area contributed by atoms with Gasteiger partial charge in [-0.25, -0.2) is 0 Å². The van der Waals surface area contributed by atoms with Crippen molar-refractivity contribution < 1.29 is 4.42 Å². The molecule has 3 aromatic heterocycles. The van der Waals surface area contributed by atoms with Crippen molar-refractivity contribution in [3.8, 4) is 11.4 Å². The number of hydrogen-bond donors (Lipinski definition) is 0. The van der Waals surface area contributed by atoms with Crippen LogP contribution in [0.5, 0.6) is 0 Å². The predicted octanol–water partition coefficient (Wildman–Crippen LogP) is 13.6. The smallest absolute Gasteiger partial charge is 0.137 e. The van der Waals surface area contributed by atoms with E-state index in [1.165, 1.54) is 38.1 Å². The van der Waals surface area contributed by atoms with Crippen molar-refractivity contribution in [2.75, 3.05) is 4.90 Å². The van der Waals surface area contributed by atoms with E-state index in [2.05, 4.69) is 191 Å². The van der Waals surface area contributed by atoms with Crippen molar-refractivity contribution in [2.45, 2.75) is 6.92 Å². The Kier molecular flexibility index (Phi) is 6.43. The molecule has 0 saturated heterocycles. The minimum Gasteiger partial charge on any atom is -0.456 e. The van der Waals surface area contributed by atoms with Gasteiger partial charge in [0.25, 0.3) is 0 Å². The lowest BCUT2D eigenvalue weighted by atomic mass is 10.1. The van der Waals surface area contributed by atoms with Gasteiger partial charge in [0.2, 0.25) is 0 Å². The molecule has 0 atom stereocenters. The van der Waals surface area contributed by atoms with Gasteiger partial charge in [0.1, 0.15) is 11.2 Å². The Hall–Kier alpha value is -7.04. The fourth-order valence-electron chi connectivity index (χ4n) is 8.47. The van der Waals surface area contributed by atoms with Crippen LogP contribution in [0.15, 0.2) is 186 Å². The molecule has 0 radical (unpaired) electrons. The number of para-hydroxylation sites is 4. The first-order valence-corrected chi connectivity index (χ1v) is 18.1. The number of furan rings is 1. The maximum absolute atomic E-state index is 6.50. The second-order valence-electron chi connectivity index (χ2n) is 13.9. The van der Waals surface area contributed by atoms with Gasteiger partial charge in [-0.15, -0.1) is 0 Å². The molecule has 53 heavy (non-hydrogen) atoms. The minimum atomic E-state index is 0.863. The molecule has 0 aliphatic carbocycles. The Morgan fingerprint density at radius 3 is 1.81 bits per heavy atom. The van der Waals surface area contributed by atoms with Gasteiger partial charge in [0.15, 0.2) is 0 Å². The first kappa shape index (κ1) is 29.7. The fraction of sp³-hybridized carbons (Fsp3) is 0.0204. The molecule has 0 N–H and O–H groups in total. The molecule has 3 heterocycles. The molecule has 0 bridgehead atoms. The summed E-state index contributed by atoms with van der Waals surface area (Å²) in [5, 5.41) is 7.08. The molecule has 0 unspecified atom stereocenters. The summed E-state index contributed by atoms with van der Waals surface area (Å²) < 4.78 is 11.3. The normalized spacial score (nSPS) is 11.9. The quantitative estimate of drug-likeness (QED) is 0.181. The van der Waals surface area contributed by atoms with E-state index in [1.54, 1.807) is 0 Å². The maximum atomic E-state index is 6.50. The highest BCUT2D eigenvalue weighted by molar-refractivity contribution is 6.17. The molecular formula is C49H33N3O. The van der Waals surface area contributed by atoms with Crippen molar-refractivity contribution in [1.82, 2.24) is 9.13 Å². The largest absolute Gasteiger partial charge is 0.456 e. The van der Waals surface area contributed by atoms with Gasteiger partial charge in [0.05, 0.1) is 27.8 Å². The molecule has 0 spiro atoms. The number of aryl methyl sites for hydroxylation is 1. The van der Waals surface area contributed by atoms with Gasteiger partial charge in [0, 0.05) is 61.1 Å². The van der Waals surface area contributed by atoms with Crippen LogP contribution in [0.3, 0.4) is 0 Å². The molecular weight excluding hydrogens is 647 g/mol. The average molecular weight is 680 g/mol. The van der Waals surface area contributed by atoms with Crippen molar-refractivity contribution >= 4 is 82.6 Å². The van der Waals surface area contributed by atoms with Crippen molar-refractivity contribution in [1.29, 1.82) is 0 Å². The van der Waals surface area contributed by atoms with E-state index in [4.69, 9.17) is 4.42 Å². The molecule has 250 valence electrons. The number of fused-ring (bicyclic) bond motifs is 9. The molecule has 0 saturated carbocycles. The second kappa shape index (κ2) is 11.5. The van der Waals surface area contributed by atoms with Gasteiger partial charge in [-0.1, -0.05) is 97.1 Å². The first-order chi connectivity index (χ1) is 26.2. The number of aromatic nitrogens is 2. The molecule has 0 aliphatic rings. The zero-order chi connectivity index (χ0) is 35.0. The number of benzene rings is 8. The van der Waals surface area contributed by atoms with Crippen LogP contribution in [0.1, 0.15) is 5.56 Å². The van der Waals surface area contributed by atoms with Gasteiger partial charge in [-0.2, -0.15) is 0 Å². The van der Waals surface area contributed by atoms with Gasteiger partial charge < -0.3 is 18.5 Å². The third kappa shape index (κ3) is 4.49. The van der Waals surface area contributed by atoms with Crippen molar-refractivity contribution in [3.63, 3.8) is 0 Å². The van der Waals surface area contributed by atoms with Gasteiger partial charge in [-0.3, -0.25) is 0 Å². The lowest BCUT2D eigenvalue weighted by Crippen LogP contribution is -2.10. The molecule has 8 aromatic carbocycles. The third-order valence-corrected chi connectivity index (χ3v) is 10.7. The average Bonchev–Trinajstić information content (AvgIpc) is 3.86. The molecule has 0 aliphatic heterocycles. The fourth-order valence-corrected chi connectivity index (χ4v) is 8.47. The zero-order valence-corrected chi connectivity index (χ0v) is 29.1. The monoisotopic (exact) mass is 679 g/mol. The van der Waals surface area contributed by atoms with E-state index in [-0.39, 0.29) is 0 Å². The van der Waals surface area contributed by atoms with Crippen molar-refractivity contribution in [2.24, 2.45) is 0 Å². The molecule has 0 amide bonds. The highest BCUT2D eigenvalue weighted by atomic mass is 16.3. The lowest BCUT2D eigenvalue weighted by molar-refractivity contribution is 0.669. The number of nitrogens with zero attached hydrogens (tertiary/aromatic N) is 3. The highest BCUT2D eigenvalue weighted by Gasteiger charge is 2.23. The van der Waals surface area contributed by atoms with Crippen LogP contribution < -0.4 is 4.90 Å². The van der Waals surface area contributed by atoms with Gasteiger partial charge in [-0.05, 0) is 91.3 Å². The number of hydrogen-bond acceptors (Lipinski definition) is 2. The summed E-state index contributed by atoms with van der Waals surface area (Å²) in [6.45, 7) is 2.16. The standard InChI is InChI=1S/C49H33N3O/c1-32-13-11-16-34(29-32)52-43-21-9-6-19-41(43)49-44(22-12-23-45(49)52)50(36-26-28-40-39-18-7-10-24-47(39)53-48(40)31-36)35-25-27-38-37-17-5-8-20-42(37)51(46(38)30-35)33-14-3-2-4-15-33/h2-31H,1H3. The topological polar surface area (TPSA) is 26.2 Å². The van der Waals surface area contributed by atoms with Crippen LogP contribution in [0.25, 0.3) is 76.9 Å². The summed E-state index contributed by atoms with van der Waals surface area (Å²) in [6, 6.07) is 65.4. The van der Waals surface area contributed by atoms with Crippen LogP contribution >= 0.6 is 0 Å². The van der Waals surface area contributed by atoms with Crippen LogP contribution in [0.2, 0.25) is 0 Å². The van der Waals surface area contributed by atoms with Crippen LogP contribution in [0, 0.1) is 6.92 Å². The Morgan fingerprint density at radius 2 is 0.981 bits per heavy atom. The van der Waals surface area contributed by atoms with Crippen LogP contribution in [0.4, 0.5) is 17.1 Å². The summed E-state index contributed by atoms with van der Waals surface area (Å²) in [7, 11) is 0. The Morgan fingerprint density at radius 1 is 0.396 bits per heavy atom. The van der Waals surface area contributed by atoms with E-state index in [0.29, 0.717) is 0 Å². The highest BCUT2D eigenvalue weighted by Crippen LogP contribution is 2.46. The lowest BCUT2D eigenvalue weighted by Gasteiger charge is -2.27. The summed E-state index contributed by atoms with van der Waals surface area (Å²) in [5.74, 6) is 0. The summed E-state index contributed by atoms with van der Waals surface area (Å²) >= 11 is 0. The Balaban J connectivity index is 1.24. The summed E-state index contributed by atoms with van der Waals surface area (Å²) in [4.78, 5) is 2.41. The number of anilines is 3. The number of rotatable bonds is 5. The summed E-state index contributed by atoms with van der Waals surface area (Å²) in [5.41, 5.74) is 13.1. The zero-order valence-electron chi connectivity index (χ0n) is 29.1. The van der Waals surface area contributed by atoms with Crippen molar-refractivity contribution in [3.05, 3.63) is 188 Å². The van der Waals surface area contributed by atoms with E-state index in [0.717, 1.165) is 61.4 Å². The molecule has 0 fully saturated rings. The molecule has 4 nitrogen and oxygen atoms in total. The minimum absolute atomic E-state index is 0.863. The van der Waals surface area contributed by atoms with E-state index < -0.39 is 0 Å². The Labute approximate surface area is 306 Å². The molecule has 11 aromatic rings. The molecule has 4 heteroatoms. The third-order valence-electron chi connectivity index (χ3n) is 10.7.